The summed E-state index contributed by atoms with van der Waals surface area (Å²) in [6.45, 7) is 5.65. The van der Waals surface area contributed by atoms with Crippen LogP contribution in [0.25, 0.3) is 0 Å². The van der Waals surface area contributed by atoms with Crippen LogP contribution in [0.2, 0.25) is 0 Å². The topological polar surface area (TPSA) is 0 Å². The summed E-state index contributed by atoms with van der Waals surface area (Å²) in [5.74, 6) is 0. The molecule has 0 aromatic rings. The van der Waals surface area contributed by atoms with Crippen LogP contribution < -0.4 is 0 Å². The Hall–Kier alpha value is 0.325. The maximum atomic E-state index is 3.66. The standard InChI is InChI=1S/CH9B7/c1-3-5-7-8-6-4-2/h4-8H,1-2H2. The SMILES string of the molecule is BBBBBBB=C. The Kier molecular flexibility index (Phi) is 7.62. The fourth-order valence-electron chi connectivity index (χ4n) is 0.715. The van der Waals surface area contributed by atoms with Crippen LogP contribution in [0.4, 0.5) is 0 Å². The second kappa shape index (κ2) is 7.32. The summed E-state index contributed by atoms with van der Waals surface area (Å²) >= 11 is 0. The summed E-state index contributed by atoms with van der Waals surface area (Å²) in [5.41, 5.74) is 0. The summed E-state index contributed by atoms with van der Waals surface area (Å²) in [7, 11) is 8.85. The molecule has 0 aromatic heterocycles. The van der Waals surface area contributed by atoms with E-state index in [0.717, 1.165) is 0 Å². The van der Waals surface area contributed by atoms with Crippen LogP contribution in [0.15, 0.2) is 0 Å². The van der Waals surface area contributed by atoms with E-state index in [1.165, 1.54) is 35.3 Å². The molecule has 7 heteroatoms. The Bertz CT molecular complexity index is 50.3. The van der Waals surface area contributed by atoms with Crippen molar-refractivity contribution in [2.75, 3.05) is 0 Å². The van der Waals surface area contributed by atoms with Crippen LogP contribution in [-0.2, 0) is 0 Å². The van der Waals surface area contributed by atoms with Crippen molar-refractivity contribution >= 4 is 56.3 Å². The maximum absolute atomic E-state index is 3.66. The predicted octanol–water partition coefficient (Wildman–Crippen LogP) is -4.57. The second-order valence-electron chi connectivity index (χ2n) is 2.14. The molecule has 0 saturated heterocycles. The first-order valence-corrected chi connectivity index (χ1v) is 3.52. The minimum atomic E-state index is 1.19. The van der Waals surface area contributed by atoms with Gasteiger partial charge in [-0.25, -0.2) is 0 Å². The molecule has 0 atom stereocenters. The van der Waals surface area contributed by atoms with Crippen molar-refractivity contribution in [3.63, 3.8) is 0 Å². The Labute approximate surface area is 57.0 Å². The van der Waals surface area contributed by atoms with Gasteiger partial charge in [0.05, 0.1) is 0 Å². The molecule has 8 heavy (non-hydrogen) atoms. The molecule has 0 aliphatic carbocycles. The van der Waals surface area contributed by atoms with Crippen molar-refractivity contribution in [3.05, 3.63) is 0 Å². The third-order valence-corrected chi connectivity index (χ3v) is 1.26. The molecule has 0 nitrogen and oxygen atoms in total. The van der Waals surface area contributed by atoms with Gasteiger partial charge in [-0.2, -0.15) is 0 Å². The van der Waals surface area contributed by atoms with E-state index in [2.05, 4.69) is 14.2 Å². The summed E-state index contributed by atoms with van der Waals surface area (Å²) in [6, 6.07) is 0. The van der Waals surface area contributed by atoms with Gasteiger partial charge in [0.1, 0.15) is 0 Å². The average Bonchev–Trinajstić information content (AvgIpc) is 1.81. The zero-order valence-corrected chi connectivity index (χ0v) is 5.82. The third-order valence-electron chi connectivity index (χ3n) is 1.26. The fraction of sp³-hybridized carbons (Fsp3) is 0. The van der Waals surface area contributed by atoms with E-state index in [9.17, 15) is 0 Å². The van der Waals surface area contributed by atoms with Gasteiger partial charge in [0, 0.05) is 0 Å². The van der Waals surface area contributed by atoms with Crippen LogP contribution in [0, 0.1) is 0 Å². The molecule has 0 saturated carbocycles. The molecule has 0 rings (SSSR count). The summed E-state index contributed by atoms with van der Waals surface area (Å²) in [6.07, 6.45) is 0. The van der Waals surface area contributed by atoms with E-state index in [1.54, 1.807) is 0 Å². The van der Waals surface area contributed by atoms with Gasteiger partial charge >= 0.3 is 56.3 Å². The summed E-state index contributed by atoms with van der Waals surface area (Å²) in [5, 5.41) is 0. The molecule has 0 aliphatic heterocycles. The zero-order valence-electron chi connectivity index (χ0n) is 5.82. The van der Waals surface area contributed by atoms with Gasteiger partial charge in [-0.3, -0.25) is 0 Å². The molecule has 0 bridgehead atoms. The third kappa shape index (κ3) is 6.32. The van der Waals surface area contributed by atoms with Gasteiger partial charge < -0.3 is 0 Å². The quantitative estimate of drug-likeness (QED) is 0.239. The normalized spacial score (nSPS) is 6.00. The molecular formula is CH9B7. The van der Waals surface area contributed by atoms with Crippen LogP contribution in [0.5, 0.6) is 0 Å². The van der Waals surface area contributed by atoms with Gasteiger partial charge in [0.25, 0.3) is 0 Å². The molecule has 0 fully saturated rings. The monoisotopic (exact) mass is 98.1 g/mol. The van der Waals surface area contributed by atoms with Crippen molar-refractivity contribution in [2.24, 2.45) is 0 Å². The fourth-order valence-corrected chi connectivity index (χ4v) is 0.715. The summed E-state index contributed by atoms with van der Waals surface area (Å²) in [4.78, 5) is 0. The average molecular weight is 96.8 g/mol. The molecule has 0 spiro atoms. The zero-order chi connectivity index (χ0) is 6.24. The number of rotatable bonds is 5. The Morgan fingerprint density at radius 3 is 2.50 bits per heavy atom. The summed E-state index contributed by atoms with van der Waals surface area (Å²) < 4.78 is 0. The number of hydrogen-bond donors (Lipinski definition) is 0. The Morgan fingerprint density at radius 2 is 2.00 bits per heavy atom. The molecule has 0 N–H and O–H groups in total. The minimum absolute atomic E-state index is 1.19. The van der Waals surface area contributed by atoms with Crippen LogP contribution in [0.1, 0.15) is 0 Å². The van der Waals surface area contributed by atoms with Gasteiger partial charge in [0.2, 0.25) is 0 Å². The molecular weight excluding hydrogens is 87.7 g/mol. The van der Waals surface area contributed by atoms with E-state index < -0.39 is 0 Å². The molecule has 34 valence electrons. The van der Waals surface area contributed by atoms with Gasteiger partial charge in [-0.1, -0.05) is 0 Å². The Balaban J connectivity index is 2.62. The molecule has 0 unspecified atom stereocenters. The number of hydrogen-bond acceptors (Lipinski definition) is 0. The molecule has 0 amide bonds. The van der Waals surface area contributed by atoms with Crippen molar-refractivity contribution < 1.29 is 0 Å². The van der Waals surface area contributed by atoms with E-state index >= 15 is 0 Å². The van der Waals surface area contributed by atoms with Crippen LogP contribution in [-0.4, -0.2) is 56.3 Å². The molecule has 0 aromatic carbocycles. The van der Waals surface area contributed by atoms with Crippen LogP contribution >= 0.6 is 0 Å². The van der Waals surface area contributed by atoms with E-state index in [4.69, 9.17) is 0 Å². The van der Waals surface area contributed by atoms with Gasteiger partial charge in [0.15, 0.2) is 0 Å². The van der Waals surface area contributed by atoms with Crippen molar-refractivity contribution in [3.8, 4) is 0 Å². The van der Waals surface area contributed by atoms with Gasteiger partial charge in [-0.15, -0.1) is 0 Å². The van der Waals surface area contributed by atoms with Crippen molar-refractivity contribution in [2.45, 2.75) is 0 Å². The second-order valence-corrected chi connectivity index (χ2v) is 2.14. The first-order chi connectivity index (χ1) is 3.91. The van der Waals surface area contributed by atoms with E-state index in [0.29, 0.717) is 0 Å². The molecule has 0 aliphatic rings. The first-order valence-electron chi connectivity index (χ1n) is 3.52. The van der Waals surface area contributed by atoms with Crippen LogP contribution in [0.3, 0.4) is 0 Å². The van der Waals surface area contributed by atoms with E-state index in [1.807, 2.05) is 6.81 Å². The Morgan fingerprint density at radius 1 is 1.25 bits per heavy atom. The van der Waals surface area contributed by atoms with Crippen molar-refractivity contribution in [1.29, 1.82) is 0 Å². The predicted molar refractivity (Wildman–Crippen MR) is 57.2 cm³/mol. The molecule has 0 radical (unpaired) electrons. The molecule has 0 heterocycles. The van der Waals surface area contributed by atoms with Gasteiger partial charge in [-0.05, 0) is 0 Å². The van der Waals surface area contributed by atoms with Crippen molar-refractivity contribution in [1.82, 2.24) is 0 Å². The first kappa shape index (κ1) is 8.32. The van der Waals surface area contributed by atoms with E-state index in [-0.39, 0.29) is 0 Å².